The number of nitrogens with one attached hydrogen (secondary N) is 1. The molecule has 2 aromatic carbocycles. The molecule has 0 radical (unpaired) electrons. The third kappa shape index (κ3) is 5.89. The van der Waals surface area contributed by atoms with Crippen LogP contribution >= 0.6 is 23.2 Å². The van der Waals surface area contributed by atoms with Gasteiger partial charge >= 0.3 is 0 Å². The van der Waals surface area contributed by atoms with Crippen LogP contribution in [0, 0.1) is 5.82 Å². The summed E-state index contributed by atoms with van der Waals surface area (Å²) in [4.78, 5) is 12.5. The van der Waals surface area contributed by atoms with Gasteiger partial charge in [-0.05, 0) is 43.7 Å². The second kappa shape index (κ2) is 10.5. The maximum atomic E-state index is 14.0. The zero-order chi connectivity index (χ0) is 22.4. The Morgan fingerprint density at radius 1 is 1.10 bits per heavy atom. The second-order valence-electron chi connectivity index (χ2n) is 6.60. The third-order valence-corrected chi connectivity index (χ3v) is 4.96. The van der Waals surface area contributed by atoms with Crippen LogP contribution in [0.3, 0.4) is 0 Å². The summed E-state index contributed by atoms with van der Waals surface area (Å²) in [5, 5.41) is 7.45. The molecule has 6 nitrogen and oxygen atoms in total. The predicted molar refractivity (Wildman–Crippen MR) is 119 cm³/mol. The fourth-order valence-electron chi connectivity index (χ4n) is 2.98. The molecule has 0 saturated carbocycles. The lowest BCUT2D eigenvalue weighted by Crippen LogP contribution is -2.15. The highest BCUT2D eigenvalue weighted by Gasteiger charge is 2.15. The molecule has 0 aliphatic carbocycles. The Morgan fingerprint density at radius 2 is 1.84 bits per heavy atom. The predicted octanol–water partition coefficient (Wildman–Crippen LogP) is 5.36. The van der Waals surface area contributed by atoms with Crippen LogP contribution in [0.5, 0.6) is 11.5 Å². The van der Waals surface area contributed by atoms with E-state index in [1.165, 1.54) is 23.0 Å². The van der Waals surface area contributed by atoms with Crippen molar-refractivity contribution in [2.45, 2.75) is 26.8 Å². The van der Waals surface area contributed by atoms with Gasteiger partial charge in [0.1, 0.15) is 10.8 Å². The van der Waals surface area contributed by atoms with Gasteiger partial charge in [0, 0.05) is 16.8 Å². The molecule has 0 aliphatic rings. The normalized spacial score (nSPS) is 10.7. The summed E-state index contributed by atoms with van der Waals surface area (Å²) in [7, 11) is 0. The monoisotopic (exact) mass is 465 g/mol. The lowest BCUT2D eigenvalue weighted by atomic mass is 10.1. The molecule has 0 saturated heterocycles. The SMILES string of the molecule is CCOc1ccc(CC(=O)Nc2nn(Cc3c(F)cccc3Cl)cc2Cl)cc1OCC. The van der Waals surface area contributed by atoms with Crippen LogP contribution in [0.2, 0.25) is 10.0 Å². The summed E-state index contributed by atoms with van der Waals surface area (Å²) in [6, 6.07) is 9.79. The first-order valence-corrected chi connectivity index (χ1v) is 10.5. The van der Waals surface area contributed by atoms with Crippen LogP contribution in [-0.2, 0) is 17.8 Å². The molecule has 0 aliphatic heterocycles. The Balaban J connectivity index is 1.69. The van der Waals surface area contributed by atoms with E-state index in [4.69, 9.17) is 32.7 Å². The number of amides is 1. The van der Waals surface area contributed by atoms with Gasteiger partial charge in [-0.3, -0.25) is 9.48 Å². The van der Waals surface area contributed by atoms with E-state index in [1.807, 2.05) is 13.8 Å². The molecule has 1 N–H and O–H groups in total. The molecule has 0 atom stereocenters. The molecule has 1 heterocycles. The van der Waals surface area contributed by atoms with Gasteiger partial charge < -0.3 is 14.8 Å². The molecule has 0 spiro atoms. The van der Waals surface area contributed by atoms with Crippen molar-refractivity contribution in [2.75, 3.05) is 18.5 Å². The van der Waals surface area contributed by atoms with Crippen LogP contribution in [0.25, 0.3) is 0 Å². The summed E-state index contributed by atoms with van der Waals surface area (Å²) >= 11 is 12.3. The molecule has 3 aromatic rings. The van der Waals surface area contributed by atoms with E-state index < -0.39 is 5.82 Å². The summed E-state index contributed by atoms with van der Waals surface area (Å²) < 4.78 is 26.6. The first-order chi connectivity index (χ1) is 14.9. The number of aromatic nitrogens is 2. The molecule has 9 heteroatoms. The van der Waals surface area contributed by atoms with Gasteiger partial charge in [-0.1, -0.05) is 35.3 Å². The molecule has 1 amide bonds. The summed E-state index contributed by atoms with van der Waals surface area (Å²) in [5.74, 6) is 0.656. The number of benzene rings is 2. The lowest BCUT2D eigenvalue weighted by Gasteiger charge is -2.12. The minimum Gasteiger partial charge on any atom is -0.490 e. The number of halogens is 3. The quantitative estimate of drug-likeness (QED) is 0.462. The van der Waals surface area contributed by atoms with E-state index in [-0.39, 0.29) is 34.7 Å². The summed E-state index contributed by atoms with van der Waals surface area (Å²) in [5.41, 5.74) is 1.04. The topological polar surface area (TPSA) is 65.4 Å². The first kappa shape index (κ1) is 22.9. The molecule has 0 unspecified atom stereocenters. The van der Waals surface area contributed by atoms with Gasteiger partial charge in [-0.15, -0.1) is 0 Å². The second-order valence-corrected chi connectivity index (χ2v) is 7.41. The molecular weight excluding hydrogens is 444 g/mol. The molecule has 31 heavy (non-hydrogen) atoms. The molecular formula is C22H22Cl2FN3O3. The van der Waals surface area contributed by atoms with Gasteiger partial charge in [0.05, 0.1) is 26.2 Å². The smallest absolute Gasteiger partial charge is 0.230 e. The molecule has 1 aromatic heterocycles. The van der Waals surface area contributed by atoms with Crippen molar-refractivity contribution in [1.29, 1.82) is 0 Å². The minimum atomic E-state index is -0.440. The number of anilines is 1. The summed E-state index contributed by atoms with van der Waals surface area (Å²) in [6.07, 6.45) is 1.60. The zero-order valence-corrected chi connectivity index (χ0v) is 18.6. The number of carbonyl (C=O) groups excluding carboxylic acids is 1. The Hall–Kier alpha value is -2.77. The van der Waals surface area contributed by atoms with Crippen LogP contribution in [-0.4, -0.2) is 28.9 Å². The third-order valence-electron chi connectivity index (χ3n) is 4.33. The first-order valence-electron chi connectivity index (χ1n) is 9.75. The van der Waals surface area contributed by atoms with E-state index in [1.54, 1.807) is 24.3 Å². The minimum absolute atomic E-state index is 0.0811. The zero-order valence-electron chi connectivity index (χ0n) is 17.1. The van der Waals surface area contributed by atoms with Crippen LogP contribution < -0.4 is 14.8 Å². The average molecular weight is 466 g/mol. The Kier molecular flexibility index (Phi) is 7.76. The van der Waals surface area contributed by atoms with E-state index in [2.05, 4.69) is 10.4 Å². The fourth-order valence-corrected chi connectivity index (χ4v) is 3.40. The van der Waals surface area contributed by atoms with E-state index in [9.17, 15) is 9.18 Å². The van der Waals surface area contributed by atoms with Crippen molar-refractivity contribution in [1.82, 2.24) is 9.78 Å². The van der Waals surface area contributed by atoms with Gasteiger partial charge in [0.2, 0.25) is 5.91 Å². The Morgan fingerprint density at radius 3 is 2.55 bits per heavy atom. The number of rotatable bonds is 9. The standard InChI is InChI=1S/C22H22Cl2FN3O3/c1-3-30-19-9-8-14(10-20(19)31-4-2)11-21(29)26-22-17(24)13-28(27-22)12-15-16(23)6-5-7-18(15)25/h5-10,13H,3-4,11-12H2,1-2H3,(H,26,27,29). The maximum absolute atomic E-state index is 14.0. The Bertz CT molecular complexity index is 1050. The van der Waals surface area contributed by atoms with Crippen molar-refractivity contribution in [2.24, 2.45) is 0 Å². The Labute approximate surface area is 189 Å². The highest BCUT2D eigenvalue weighted by molar-refractivity contribution is 6.33. The molecule has 164 valence electrons. The van der Waals surface area contributed by atoms with E-state index in [0.717, 1.165) is 5.56 Å². The van der Waals surface area contributed by atoms with Crippen molar-refractivity contribution in [3.63, 3.8) is 0 Å². The van der Waals surface area contributed by atoms with Gasteiger partial charge in [0.15, 0.2) is 17.3 Å². The average Bonchev–Trinajstić information content (AvgIpc) is 3.06. The van der Waals surface area contributed by atoms with Gasteiger partial charge in [0.25, 0.3) is 0 Å². The van der Waals surface area contributed by atoms with E-state index >= 15 is 0 Å². The molecule has 3 rings (SSSR count). The number of nitrogens with zero attached hydrogens (tertiary/aromatic N) is 2. The maximum Gasteiger partial charge on any atom is 0.230 e. The highest BCUT2D eigenvalue weighted by atomic mass is 35.5. The van der Waals surface area contributed by atoms with Crippen LogP contribution in [0.15, 0.2) is 42.6 Å². The number of hydrogen-bond donors (Lipinski definition) is 1. The summed E-state index contributed by atoms with van der Waals surface area (Å²) in [6.45, 7) is 4.84. The number of hydrogen-bond acceptors (Lipinski definition) is 4. The van der Waals surface area contributed by atoms with Crippen molar-refractivity contribution in [3.05, 3.63) is 69.6 Å². The van der Waals surface area contributed by atoms with E-state index in [0.29, 0.717) is 30.3 Å². The van der Waals surface area contributed by atoms with Gasteiger partial charge in [-0.2, -0.15) is 5.10 Å². The molecule has 0 bridgehead atoms. The van der Waals surface area contributed by atoms with Crippen molar-refractivity contribution >= 4 is 34.9 Å². The largest absolute Gasteiger partial charge is 0.490 e. The van der Waals surface area contributed by atoms with Crippen molar-refractivity contribution in [3.8, 4) is 11.5 Å². The lowest BCUT2D eigenvalue weighted by molar-refractivity contribution is -0.115. The highest BCUT2D eigenvalue weighted by Crippen LogP contribution is 2.29. The van der Waals surface area contributed by atoms with Crippen molar-refractivity contribution < 1.29 is 18.7 Å². The fraction of sp³-hybridized carbons (Fsp3) is 0.273. The van der Waals surface area contributed by atoms with Crippen LogP contribution in [0.1, 0.15) is 25.0 Å². The van der Waals surface area contributed by atoms with Gasteiger partial charge in [-0.25, -0.2) is 4.39 Å². The molecule has 0 fully saturated rings. The number of carbonyl (C=O) groups is 1. The number of ether oxygens (including phenoxy) is 2. The van der Waals surface area contributed by atoms with Crippen LogP contribution in [0.4, 0.5) is 10.2 Å².